The summed E-state index contributed by atoms with van der Waals surface area (Å²) in [6.07, 6.45) is 11.8. The van der Waals surface area contributed by atoms with Crippen molar-refractivity contribution < 1.29 is 24.2 Å². The molecule has 1 heterocycles. The van der Waals surface area contributed by atoms with Crippen molar-refractivity contribution in [1.82, 2.24) is 0 Å². The largest absolute Gasteiger partial charge is 0.446 e. The van der Waals surface area contributed by atoms with E-state index in [-0.39, 0.29) is 6.10 Å². The van der Waals surface area contributed by atoms with Gasteiger partial charge in [-0.3, -0.25) is 5.32 Å². The molecule has 0 saturated heterocycles. The van der Waals surface area contributed by atoms with Crippen LogP contribution in [0.1, 0.15) is 84.5 Å². The van der Waals surface area contributed by atoms with Gasteiger partial charge in [-0.1, -0.05) is 63.6 Å². The van der Waals surface area contributed by atoms with Crippen molar-refractivity contribution in [3.05, 3.63) is 42.0 Å². The highest BCUT2D eigenvalue weighted by Crippen LogP contribution is 2.26. The Morgan fingerprint density at radius 2 is 1.71 bits per heavy atom. The van der Waals surface area contributed by atoms with Crippen LogP contribution in [0.15, 0.2) is 42.0 Å². The lowest BCUT2D eigenvalue weighted by atomic mass is 10.0. The molecule has 31 heavy (non-hydrogen) atoms. The van der Waals surface area contributed by atoms with Crippen molar-refractivity contribution in [2.24, 2.45) is 0 Å². The van der Waals surface area contributed by atoms with Gasteiger partial charge in [-0.15, -0.1) is 0 Å². The molecule has 2 N–H and O–H groups in total. The number of aliphatic hydroxyl groups is 1. The molecule has 0 bridgehead atoms. The first-order valence-electron chi connectivity index (χ1n) is 11.6. The van der Waals surface area contributed by atoms with Crippen LogP contribution in [-0.4, -0.2) is 29.1 Å². The van der Waals surface area contributed by atoms with Gasteiger partial charge in [-0.2, -0.15) is 0 Å². The number of ether oxygens (including phenoxy) is 2. The molecule has 0 aromatic heterocycles. The van der Waals surface area contributed by atoms with Gasteiger partial charge in [0.1, 0.15) is 6.10 Å². The molecule has 2 unspecified atom stereocenters. The highest BCUT2D eigenvalue weighted by atomic mass is 16.7. The summed E-state index contributed by atoms with van der Waals surface area (Å²) in [7, 11) is 0. The van der Waals surface area contributed by atoms with Crippen LogP contribution >= 0.6 is 0 Å². The van der Waals surface area contributed by atoms with Gasteiger partial charge in [0.15, 0.2) is 0 Å². The molecule has 1 aliphatic rings. The number of esters is 1. The Morgan fingerprint density at radius 3 is 2.35 bits per heavy atom. The summed E-state index contributed by atoms with van der Waals surface area (Å²) in [5.74, 6) is -1.99. The van der Waals surface area contributed by atoms with Crippen LogP contribution in [0.25, 0.3) is 0 Å². The Kier molecular flexibility index (Phi) is 10.6. The first-order chi connectivity index (χ1) is 14.9. The number of para-hydroxylation sites is 1. The predicted molar refractivity (Wildman–Crippen MR) is 122 cm³/mol. The lowest BCUT2D eigenvalue weighted by molar-refractivity contribution is -0.172. The SMILES string of the molecule is CCCCCCCCCC(CCCC1=CC(C)(O)OC1=O)OC(=O)Nc1ccccc1. The molecule has 1 aromatic rings. The Morgan fingerprint density at radius 1 is 1.06 bits per heavy atom. The Labute approximate surface area is 186 Å². The molecular weight excluding hydrogens is 394 g/mol. The summed E-state index contributed by atoms with van der Waals surface area (Å²) in [5.41, 5.74) is 1.18. The van der Waals surface area contributed by atoms with E-state index in [2.05, 4.69) is 12.2 Å². The van der Waals surface area contributed by atoms with Crippen LogP contribution in [0.2, 0.25) is 0 Å². The number of hydrogen-bond donors (Lipinski definition) is 2. The Hall–Kier alpha value is -2.34. The fourth-order valence-corrected chi connectivity index (χ4v) is 3.77. The number of nitrogens with one attached hydrogen (secondary N) is 1. The number of cyclic esters (lactones) is 1. The first kappa shape index (κ1) is 24.9. The van der Waals surface area contributed by atoms with E-state index < -0.39 is 17.8 Å². The van der Waals surface area contributed by atoms with E-state index in [1.165, 1.54) is 45.1 Å². The number of benzene rings is 1. The van der Waals surface area contributed by atoms with Gasteiger partial charge in [0.05, 0.1) is 0 Å². The molecule has 1 aromatic carbocycles. The standard InChI is InChI=1S/C25H37NO5/c1-3-4-5-6-7-8-12-17-22(30-24(28)26-21-15-10-9-11-16-21)18-13-14-20-19-25(2,29)31-23(20)27/h9-11,15-16,19,22,29H,3-8,12-14,17-18H2,1-2H3,(H,26,28). The average molecular weight is 432 g/mol. The van der Waals surface area contributed by atoms with Crippen molar-refractivity contribution in [2.45, 2.75) is 96.4 Å². The number of carbonyl (C=O) groups excluding carboxylic acids is 2. The highest BCUT2D eigenvalue weighted by Gasteiger charge is 2.33. The molecule has 0 radical (unpaired) electrons. The van der Waals surface area contributed by atoms with Gasteiger partial charge in [0, 0.05) is 18.2 Å². The molecule has 0 saturated carbocycles. The van der Waals surface area contributed by atoms with Crippen LogP contribution in [0.3, 0.4) is 0 Å². The van der Waals surface area contributed by atoms with Gasteiger partial charge >= 0.3 is 12.1 Å². The number of anilines is 1. The second-order valence-electron chi connectivity index (χ2n) is 8.43. The lowest BCUT2D eigenvalue weighted by Gasteiger charge is -2.18. The minimum Gasteiger partial charge on any atom is -0.446 e. The van der Waals surface area contributed by atoms with E-state index in [1.807, 2.05) is 30.3 Å². The molecule has 2 atom stereocenters. The summed E-state index contributed by atoms with van der Waals surface area (Å²) >= 11 is 0. The molecule has 1 amide bonds. The smallest absolute Gasteiger partial charge is 0.411 e. The predicted octanol–water partition coefficient (Wildman–Crippen LogP) is 6.11. The van der Waals surface area contributed by atoms with Crippen LogP contribution in [-0.2, 0) is 14.3 Å². The maximum atomic E-state index is 12.3. The van der Waals surface area contributed by atoms with Crippen molar-refractivity contribution in [2.75, 3.05) is 5.32 Å². The van der Waals surface area contributed by atoms with Crippen LogP contribution < -0.4 is 5.32 Å². The highest BCUT2D eigenvalue weighted by molar-refractivity contribution is 5.91. The number of unbranched alkanes of at least 4 members (excludes halogenated alkanes) is 6. The number of hydrogen-bond acceptors (Lipinski definition) is 5. The maximum Gasteiger partial charge on any atom is 0.411 e. The van der Waals surface area contributed by atoms with Gasteiger partial charge < -0.3 is 14.6 Å². The molecule has 0 spiro atoms. The monoisotopic (exact) mass is 431 g/mol. The van der Waals surface area contributed by atoms with Crippen molar-refractivity contribution in [3.8, 4) is 0 Å². The molecule has 0 fully saturated rings. The van der Waals surface area contributed by atoms with E-state index in [0.717, 1.165) is 19.3 Å². The Bertz CT molecular complexity index is 714. The summed E-state index contributed by atoms with van der Waals surface area (Å²) in [6.45, 7) is 3.66. The second-order valence-corrected chi connectivity index (χ2v) is 8.43. The third-order valence-electron chi connectivity index (χ3n) is 5.40. The van der Waals surface area contributed by atoms with E-state index in [0.29, 0.717) is 30.5 Å². The second kappa shape index (κ2) is 13.2. The molecule has 2 rings (SSSR count). The van der Waals surface area contributed by atoms with Crippen LogP contribution in [0.5, 0.6) is 0 Å². The van der Waals surface area contributed by atoms with E-state index in [9.17, 15) is 14.7 Å². The van der Waals surface area contributed by atoms with Crippen molar-refractivity contribution >= 4 is 17.7 Å². The van der Waals surface area contributed by atoms with E-state index in [1.54, 1.807) is 0 Å². The third-order valence-corrected chi connectivity index (χ3v) is 5.40. The lowest BCUT2D eigenvalue weighted by Crippen LogP contribution is -2.23. The molecular formula is C25H37NO5. The molecule has 1 aliphatic heterocycles. The Balaban J connectivity index is 1.80. The zero-order valence-corrected chi connectivity index (χ0v) is 18.9. The zero-order chi connectivity index (χ0) is 22.5. The zero-order valence-electron chi connectivity index (χ0n) is 18.9. The third kappa shape index (κ3) is 10.0. The number of amides is 1. The van der Waals surface area contributed by atoms with Crippen molar-refractivity contribution in [3.63, 3.8) is 0 Å². The fraction of sp³-hybridized carbons (Fsp3) is 0.600. The maximum absolute atomic E-state index is 12.3. The molecule has 172 valence electrons. The molecule has 6 heteroatoms. The van der Waals surface area contributed by atoms with Crippen LogP contribution in [0.4, 0.5) is 10.5 Å². The van der Waals surface area contributed by atoms with E-state index in [4.69, 9.17) is 9.47 Å². The normalized spacial score (nSPS) is 18.9. The van der Waals surface area contributed by atoms with E-state index >= 15 is 0 Å². The summed E-state index contributed by atoms with van der Waals surface area (Å²) in [6, 6.07) is 9.23. The summed E-state index contributed by atoms with van der Waals surface area (Å²) < 4.78 is 10.6. The summed E-state index contributed by atoms with van der Waals surface area (Å²) in [5, 5.41) is 12.6. The van der Waals surface area contributed by atoms with Gasteiger partial charge in [-0.05, 0) is 50.3 Å². The molecule has 0 aliphatic carbocycles. The fourth-order valence-electron chi connectivity index (χ4n) is 3.77. The minimum absolute atomic E-state index is 0.210. The quantitative estimate of drug-likeness (QED) is 0.274. The first-order valence-corrected chi connectivity index (χ1v) is 11.6. The van der Waals surface area contributed by atoms with Gasteiger partial charge in [-0.25, -0.2) is 9.59 Å². The van der Waals surface area contributed by atoms with Gasteiger partial charge in [0.25, 0.3) is 0 Å². The minimum atomic E-state index is -1.52. The number of rotatable bonds is 14. The average Bonchev–Trinajstić information content (AvgIpc) is 2.99. The van der Waals surface area contributed by atoms with Crippen molar-refractivity contribution in [1.29, 1.82) is 0 Å². The topological polar surface area (TPSA) is 84.9 Å². The number of carbonyl (C=O) groups is 2. The van der Waals surface area contributed by atoms with Crippen LogP contribution in [0, 0.1) is 0 Å². The summed E-state index contributed by atoms with van der Waals surface area (Å²) in [4.78, 5) is 24.2. The van der Waals surface area contributed by atoms with Gasteiger partial charge in [0.2, 0.25) is 5.79 Å². The molecule has 6 nitrogen and oxygen atoms in total.